The summed E-state index contributed by atoms with van der Waals surface area (Å²) in [5.41, 5.74) is 2.40. The highest BCUT2D eigenvalue weighted by molar-refractivity contribution is 5.84. The first-order valence-electron chi connectivity index (χ1n) is 7.73. The Morgan fingerprint density at radius 3 is 2.90 bits per heavy atom. The first kappa shape index (κ1) is 14.1. The molecular weight excluding hydrogens is 262 g/mol. The zero-order chi connectivity index (χ0) is 14.8. The van der Waals surface area contributed by atoms with E-state index in [2.05, 4.69) is 41.1 Å². The van der Waals surface area contributed by atoms with Gasteiger partial charge in [-0.1, -0.05) is 19.1 Å². The fourth-order valence-corrected chi connectivity index (χ4v) is 2.67. The maximum absolute atomic E-state index is 12.3. The topological polar surface area (TPSA) is 37.3 Å². The first-order chi connectivity index (χ1) is 10.2. The van der Waals surface area contributed by atoms with Crippen LogP contribution < -0.4 is 5.32 Å². The molecule has 0 radical (unpaired) electrons. The maximum atomic E-state index is 12.3. The summed E-state index contributed by atoms with van der Waals surface area (Å²) in [4.78, 5) is 14.2. The Labute approximate surface area is 125 Å². The van der Waals surface area contributed by atoms with E-state index in [4.69, 9.17) is 0 Å². The Balaban J connectivity index is 1.79. The minimum absolute atomic E-state index is 0.201. The van der Waals surface area contributed by atoms with E-state index in [1.165, 1.54) is 10.9 Å². The second kappa shape index (κ2) is 5.90. The molecule has 4 nitrogen and oxygen atoms in total. The number of benzene rings is 1. The van der Waals surface area contributed by atoms with Crippen LogP contribution in [0.15, 0.2) is 30.5 Å². The summed E-state index contributed by atoms with van der Waals surface area (Å²) in [7, 11) is 1.92. The molecule has 1 N–H and O–H groups in total. The largest absolute Gasteiger partial charge is 0.341 e. The van der Waals surface area contributed by atoms with Crippen molar-refractivity contribution in [3.8, 4) is 0 Å². The molecule has 1 aliphatic rings. The number of carbonyl (C=O) groups excluding carboxylic acids is 1. The molecule has 0 bridgehead atoms. The van der Waals surface area contributed by atoms with Gasteiger partial charge in [0.1, 0.15) is 6.54 Å². The van der Waals surface area contributed by atoms with Crippen LogP contribution >= 0.6 is 0 Å². The van der Waals surface area contributed by atoms with Crippen molar-refractivity contribution in [3.05, 3.63) is 36.0 Å². The Bertz CT molecular complexity index is 643. The summed E-state index contributed by atoms with van der Waals surface area (Å²) in [6.07, 6.45) is 4.32. The van der Waals surface area contributed by atoms with E-state index in [1.807, 2.05) is 18.1 Å². The molecular formula is C17H23N3O. The monoisotopic (exact) mass is 285 g/mol. The van der Waals surface area contributed by atoms with E-state index >= 15 is 0 Å². The van der Waals surface area contributed by atoms with Gasteiger partial charge in [0.25, 0.3) is 0 Å². The maximum Gasteiger partial charge on any atom is 0.242 e. The first-order valence-corrected chi connectivity index (χ1v) is 7.73. The minimum Gasteiger partial charge on any atom is -0.341 e. The van der Waals surface area contributed by atoms with Gasteiger partial charge in [0.2, 0.25) is 5.91 Å². The fourth-order valence-electron chi connectivity index (χ4n) is 2.67. The van der Waals surface area contributed by atoms with E-state index in [1.54, 1.807) is 0 Å². The van der Waals surface area contributed by atoms with Crippen molar-refractivity contribution < 1.29 is 4.79 Å². The van der Waals surface area contributed by atoms with Gasteiger partial charge in [-0.15, -0.1) is 0 Å². The second-order valence-corrected chi connectivity index (χ2v) is 5.85. The van der Waals surface area contributed by atoms with E-state index in [9.17, 15) is 4.79 Å². The van der Waals surface area contributed by atoms with Crippen molar-refractivity contribution in [1.29, 1.82) is 0 Å². The average molecular weight is 285 g/mol. The van der Waals surface area contributed by atoms with Gasteiger partial charge in [0.15, 0.2) is 0 Å². The van der Waals surface area contributed by atoms with Gasteiger partial charge >= 0.3 is 0 Å². The molecule has 4 heteroatoms. The lowest BCUT2D eigenvalue weighted by atomic mass is 10.1. The molecule has 112 valence electrons. The van der Waals surface area contributed by atoms with Gasteiger partial charge in [0, 0.05) is 31.3 Å². The van der Waals surface area contributed by atoms with E-state index in [0.29, 0.717) is 12.6 Å². The number of likely N-dealkylation sites (N-methyl/N-ethyl adjacent to an activating group) is 1. The SMILES string of the molecule is CCNCc1ccc2ccn(CC(=O)N(C)C3CC3)c2c1. The van der Waals surface area contributed by atoms with Gasteiger partial charge in [-0.25, -0.2) is 0 Å². The Morgan fingerprint density at radius 1 is 1.38 bits per heavy atom. The van der Waals surface area contributed by atoms with Crippen LogP contribution in [0.1, 0.15) is 25.3 Å². The van der Waals surface area contributed by atoms with E-state index < -0.39 is 0 Å². The molecule has 0 spiro atoms. The molecule has 1 saturated carbocycles. The Morgan fingerprint density at radius 2 is 2.19 bits per heavy atom. The molecule has 0 unspecified atom stereocenters. The minimum atomic E-state index is 0.201. The van der Waals surface area contributed by atoms with Gasteiger partial charge in [-0.05, 0) is 42.5 Å². The van der Waals surface area contributed by atoms with Crippen molar-refractivity contribution in [2.75, 3.05) is 13.6 Å². The number of nitrogens with zero attached hydrogens (tertiary/aromatic N) is 2. The van der Waals surface area contributed by atoms with Crippen molar-refractivity contribution in [3.63, 3.8) is 0 Å². The normalized spacial score (nSPS) is 14.6. The van der Waals surface area contributed by atoms with Gasteiger partial charge < -0.3 is 14.8 Å². The third kappa shape index (κ3) is 3.10. The number of fused-ring (bicyclic) bond motifs is 1. The van der Waals surface area contributed by atoms with Crippen LogP contribution in [-0.2, 0) is 17.9 Å². The van der Waals surface area contributed by atoms with Crippen molar-refractivity contribution >= 4 is 16.8 Å². The van der Waals surface area contributed by atoms with Crippen molar-refractivity contribution in [2.45, 2.75) is 38.9 Å². The lowest BCUT2D eigenvalue weighted by molar-refractivity contribution is -0.130. The highest BCUT2D eigenvalue weighted by Gasteiger charge is 2.29. The zero-order valence-electron chi connectivity index (χ0n) is 12.8. The number of hydrogen-bond donors (Lipinski definition) is 1. The summed E-state index contributed by atoms with van der Waals surface area (Å²) in [5.74, 6) is 0.201. The number of aromatic nitrogens is 1. The summed E-state index contributed by atoms with van der Waals surface area (Å²) < 4.78 is 2.06. The molecule has 1 fully saturated rings. The molecule has 1 aromatic heterocycles. The van der Waals surface area contributed by atoms with Crippen LogP contribution in [-0.4, -0.2) is 35.0 Å². The third-order valence-corrected chi connectivity index (χ3v) is 4.21. The number of amides is 1. The summed E-state index contributed by atoms with van der Waals surface area (Å²) in [6, 6.07) is 9.02. The number of carbonyl (C=O) groups is 1. The summed E-state index contributed by atoms with van der Waals surface area (Å²) in [6.45, 7) is 4.37. The second-order valence-electron chi connectivity index (χ2n) is 5.85. The standard InChI is InChI=1S/C17H23N3O/c1-3-18-11-13-4-5-14-8-9-20(16(14)10-13)12-17(21)19(2)15-6-7-15/h4-5,8-10,15,18H,3,6-7,11-12H2,1-2H3. The fraction of sp³-hybridized carbons (Fsp3) is 0.471. The molecule has 0 aliphatic heterocycles. The van der Waals surface area contributed by atoms with Gasteiger partial charge in [0.05, 0.1) is 0 Å². The highest BCUT2D eigenvalue weighted by atomic mass is 16.2. The van der Waals surface area contributed by atoms with Crippen molar-refractivity contribution in [1.82, 2.24) is 14.8 Å². The van der Waals surface area contributed by atoms with Crippen LogP contribution in [0, 0.1) is 0 Å². The average Bonchev–Trinajstić information content (AvgIpc) is 3.27. The van der Waals surface area contributed by atoms with Gasteiger partial charge in [-0.2, -0.15) is 0 Å². The van der Waals surface area contributed by atoms with Crippen LogP contribution in [0.3, 0.4) is 0 Å². The molecule has 0 saturated heterocycles. The van der Waals surface area contributed by atoms with E-state index in [0.717, 1.165) is 31.4 Å². The molecule has 1 amide bonds. The third-order valence-electron chi connectivity index (χ3n) is 4.21. The van der Waals surface area contributed by atoms with Crippen LogP contribution in [0.4, 0.5) is 0 Å². The predicted octanol–water partition coefficient (Wildman–Crippen LogP) is 2.37. The number of nitrogens with one attached hydrogen (secondary N) is 1. The smallest absolute Gasteiger partial charge is 0.242 e. The lowest BCUT2D eigenvalue weighted by Gasteiger charge is -2.17. The van der Waals surface area contributed by atoms with Crippen LogP contribution in [0.2, 0.25) is 0 Å². The highest BCUT2D eigenvalue weighted by Crippen LogP contribution is 2.26. The zero-order valence-corrected chi connectivity index (χ0v) is 12.8. The summed E-state index contributed by atoms with van der Waals surface area (Å²) in [5, 5.41) is 4.53. The van der Waals surface area contributed by atoms with Crippen molar-refractivity contribution in [2.24, 2.45) is 0 Å². The molecule has 21 heavy (non-hydrogen) atoms. The van der Waals surface area contributed by atoms with E-state index in [-0.39, 0.29) is 5.91 Å². The van der Waals surface area contributed by atoms with Crippen LogP contribution in [0.25, 0.3) is 10.9 Å². The molecule has 3 rings (SSSR count). The van der Waals surface area contributed by atoms with Gasteiger partial charge in [-0.3, -0.25) is 4.79 Å². The predicted molar refractivity (Wildman–Crippen MR) is 85.1 cm³/mol. The molecule has 1 heterocycles. The molecule has 0 atom stereocenters. The molecule has 1 aromatic carbocycles. The lowest BCUT2D eigenvalue weighted by Crippen LogP contribution is -2.31. The Hall–Kier alpha value is -1.81. The van der Waals surface area contributed by atoms with Crippen LogP contribution in [0.5, 0.6) is 0 Å². The molecule has 1 aliphatic carbocycles. The summed E-state index contributed by atoms with van der Waals surface area (Å²) >= 11 is 0. The quantitative estimate of drug-likeness (QED) is 0.885. The Kier molecular flexibility index (Phi) is 3.97. The number of rotatable bonds is 6. The number of hydrogen-bond acceptors (Lipinski definition) is 2. The molecule has 2 aromatic rings.